The van der Waals surface area contributed by atoms with E-state index in [4.69, 9.17) is 9.25 Å². The van der Waals surface area contributed by atoms with E-state index in [-0.39, 0.29) is 23.9 Å². The highest BCUT2D eigenvalue weighted by Crippen LogP contribution is 2.44. The minimum Gasteiger partial charge on any atom is -0.425 e. The number of likely N-dealkylation sites (tertiary alicyclic amines) is 1. The molecule has 1 saturated heterocycles. The molecule has 154 valence electrons. The quantitative estimate of drug-likeness (QED) is 0.753. The molecule has 1 aliphatic carbocycles. The zero-order valence-electron chi connectivity index (χ0n) is 15.6. The first kappa shape index (κ1) is 18.6. The van der Waals surface area contributed by atoms with Crippen LogP contribution in [0.2, 0.25) is 0 Å². The predicted octanol–water partition coefficient (Wildman–Crippen LogP) is 3.78. The third-order valence-corrected chi connectivity index (χ3v) is 5.85. The maximum absolute atomic E-state index is 12.4. The van der Waals surface area contributed by atoms with Crippen molar-refractivity contribution in [3.05, 3.63) is 60.0 Å². The van der Waals surface area contributed by atoms with Crippen LogP contribution in [-0.2, 0) is 4.84 Å². The molecule has 1 atom stereocenters. The highest BCUT2D eigenvalue weighted by Gasteiger charge is 2.44. The van der Waals surface area contributed by atoms with E-state index in [1.807, 2.05) is 29.3 Å². The van der Waals surface area contributed by atoms with Crippen LogP contribution in [0.4, 0.5) is 13.2 Å². The third-order valence-electron chi connectivity index (χ3n) is 5.85. The second-order valence-corrected chi connectivity index (χ2v) is 7.96. The summed E-state index contributed by atoms with van der Waals surface area (Å²) >= 11 is 0. The number of alkyl halides is 3. The topological polar surface area (TPSA) is 54.6 Å². The van der Waals surface area contributed by atoms with Gasteiger partial charge in [0.05, 0.1) is 18.5 Å². The fourth-order valence-corrected chi connectivity index (χ4v) is 4.23. The van der Waals surface area contributed by atoms with Gasteiger partial charge in [0.15, 0.2) is 0 Å². The summed E-state index contributed by atoms with van der Waals surface area (Å²) in [5.41, 5.74) is 1.18. The predicted molar refractivity (Wildman–Crippen MR) is 96.5 cm³/mol. The minimum absolute atomic E-state index is 0.0926. The highest BCUT2D eigenvalue weighted by atomic mass is 19.4. The molecule has 0 radical (unpaired) electrons. The Labute approximate surface area is 165 Å². The number of hydrogen-bond donors (Lipinski definition) is 0. The molecular weight excluding hydrogens is 385 g/mol. The van der Waals surface area contributed by atoms with Crippen molar-refractivity contribution in [1.82, 2.24) is 20.2 Å². The molecule has 2 fully saturated rings. The molecule has 2 aromatic rings. The molecule has 29 heavy (non-hydrogen) atoms. The zero-order valence-corrected chi connectivity index (χ0v) is 15.6. The van der Waals surface area contributed by atoms with E-state index in [9.17, 15) is 13.2 Å². The Morgan fingerprint density at radius 1 is 1.00 bits per heavy atom. The van der Waals surface area contributed by atoms with Crippen molar-refractivity contribution >= 4 is 0 Å². The van der Waals surface area contributed by atoms with Gasteiger partial charge in [0.1, 0.15) is 6.26 Å². The van der Waals surface area contributed by atoms with Crippen molar-refractivity contribution in [2.24, 2.45) is 0 Å². The maximum Gasteiger partial charge on any atom is 0.401 e. The molecule has 6 nitrogen and oxygen atoms in total. The van der Waals surface area contributed by atoms with Gasteiger partial charge in [0, 0.05) is 25.0 Å². The first-order valence-electron chi connectivity index (χ1n) is 9.75. The molecule has 1 aromatic carbocycles. The van der Waals surface area contributed by atoms with Gasteiger partial charge in [-0.25, -0.2) is 0 Å². The highest BCUT2D eigenvalue weighted by molar-refractivity contribution is 5.24. The van der Waals surface area contributed by atoms with Crippen molar-refractivity contribution in [3.63, 3.8) is 0 Å². The number of hydrogen-bond acceptors (Lipinski definition) is 6. The number of nitrogens with zero attached hydrogens (tertiary/aromatic N) is 4. The molecule has 1 saturated carbocycles. The molecule has 0 amide bonds. The van der Waals surface area contributed by atoms with E-state index in [1.54, 1.807) is 6.26 Å². The van der Waals surface area contributed by atoms with Crippen LogP contribution in [0.15, 0.2) is 47.1 Å². The molecular formula is C20H21F3N4O2. The van der Waals surface area contributed by atoms with E-state index in [0.29, 0.717) is 24.9 Å². The molecule has 3 aliphatic rings. The largest absolute Gasteiger partial charge is 0.425 e. The summed E-state index contributed by atoms with van der Waals surface area (Å²) in [5.74, 6) is 1.08. The number of rotatable bonds is 5. The summed E-state index contributed by atoms with van der Waals surface area (Å²) in [6.45, 7) is -0.276. The molecule has 9 heteroatoms. The standard InChI is InChI=1S/C20H21F3N4O2/c21-20(22,23)12-26-10-15(11-26)19-25-24-18(29-19)14-8-16(9-14)27-17(6-7-28-27)13-4-2-1-3-5-13/h1-7,14-17H,8-12H2. The lowest BCUT2D eigenvalue weighted by molar-refractivity contribution is -0.163. The number of halogens is 3. The van der Waals surface area contributed by atoms with Gasteiger partial charge in [-0.2, -0.15) is 13.2 Å². The van der Waals surface area contributed by atoms with E-state index in [0.717, 1.165) is 12.8 Å². The lowest BCUT2D eigenvalue weighted by Crippen LogP contribution is -2.49. The van der Waals surface area contributed by atoms with Gasteiger partial charge in [-0.3, -0.25) is 4.90 Å². The summed E-state index contributed by atoms with van der Waals surface area (Å²) in [6.07, 6.45) is 1.28. The van der Waals surface area contributed by atoms with Gasteiger partial charge in [-0.05, 0) is 24.5 Å². The van der Waals surface area contributed by atoms with Crippen LogP contribution in [0, 0.1) is 0 Å². The van der Waals surface area contributed by atoms with Crippen molar-refractivity contribution in [1.29, 1.82) is 0 Å². The van der Waals surface area contributed by atoms with Gasteiger partial charge in [-0.1, -0.05) is 30.3 Å². The summed E-state index contributed by atoms with van der Waals surface area (Å²) in [6, 6.07) is 10.5. The van der Waals surface area contributed by atoms with Crippen LogP contribution in [-0.4, -0.2) is 52.0 Å². The Morgan fingerprint density at radius 2 is 1.69 bits per heavy atom. The van der Waals surface area contributed by atoms with E-state index in [1.165, 1.54) is 10.5 Å². The van der Waals surface area contributed by atoms with Crippen LogP contribution in [0.1, 0.15) is 48.1 Å². The van der Waals surface area contributed by atoms with Crippen molar-refractivity contribution in [2.45, 2.75) is 42.9 Å². The van der Waals surface area contributed by atoms with Crippen molar-refractivity contribution in [3.8, 4) is 0 Å². The molecule has 1 aromatic heterocycles. The summed E-state index contributed by atoms with van der Waals surface area (Å²) in [4.78, 5) is 7.06. The van der Waals surface area contributed by atoms with Crippen LogP contribution >= 0.6 is 0 Å². The third kappa shape index (κ3) is 3.76. The van der Waals surface area contributed by atoms with Gasteiger partial charge in [0.2, 0.25) is 11.8 Å². The zero-order chi connectivity index (χ0) is 20.0. The van der Waals surface area contributed by atoms with Crippen molar-refractivity contribution < 1.29 is 22.4 Å². The lowest BCUT2D eigenvalue weighted by Gasteiger charge is -2.40. The normalized spacial score (nSPS) is 28.2. The van der Waals surface area contributed by atoms with Gasteiger partial charge in [-0.15, -0.1) is 15.3 Å². The molecule has 2 aliphatic heterocycles. The van der Waals surface area contributed by atoms with Crippen molar-refractivity contribution in [2.75, 3.05) is 19.6 Å². The van der Waals surface area contributed by atoms with Crippen LogP contribution in [0.5, 0.6) is 0 Å². The fourth-order valence-electron chi connectivity index (χ4n) is 4.23. The van der Waals surface area contributed by atoms with Gasteiger partial charge in [0.25, 0.3) is 0 Å². The molecule has 3 heterocycles. The van der Waals surface area contributed by atoms with E-state index in [2.05, 4.69) is 22.3 Å². The van der Waals surface area contributed by atoms with E-state index < -0.39 is 12.7 Å². The van der Waals surface area contributed by atoms with Crippen LogP contribution < -0.4 is 0 Å². The average molecular weight is 406 g/mol. The number of aromatic nitrogens is 2. The fraction of sp³-hybridized carbons (Fsp3) is 0.500. The Hall–Kier alpha value is -2.39. The number of benzene rings is 1. The summed E-state index contributed by atoms with van der Waals surface area (Å²) in [5, 5.41) is 10.2. The average Bonchev–Trinajstić information content (AvgIpc) is 3.27. The smallest absolute Gasteiger partial charge is 0.401 e. The first-order chi connectivity index (χ1) is 14.0. The molecule has 5 rings (SSSR count). The van der Waals surface area contributed by atoms with Crippen LogP contribution in [0.3, 0.4) is 0 Å². The summed E-state index contributed by atoms with van der Waals surface area (Å²) < 4.78 is 43.0. The molecule has 0 bridgehead atoms. The summed E-state index contributed by atoms with van der Waals surface area (Å²) in [7, 11) is 0. The Bertz CT molecular complexity index is 873. The SMILES string of the molecule is FC(F)(F)CN1CC(c2nnc(C3CC(N4OC=CC4c4ccccc4)C3)o2)C1. The minimum atomic E-state index is -4.17. The second kappa shape index (κ2) is 7.14. The Morgan fingerprint density at radius 3 is 2.38 bits per heavy atom. The van der Waals surface area contributed by atoms with Gasteiger partial charge < -0.3 is 9.25 Å². The molecule has 0 N–H and O–H groups in total. The molecule has 0 spiro atoms. The first-order valence-corrected chi connectivity index (χ1v) is 9.75. The van der Waals surface area contributed by atoms with E-state index >= 15 is 0 Å². The Balaban J connectivity index is 1.15. The van der Waals surface area contributed by atoms with Crippen LogP contribution in [0.25, 0.3) is 0 Å². The monoisotopic (exact) mass is 406 g/mol. The second-order valence-electron chi connectivity index (χ2n) is 7.96. The molecule has 1 unspecified atom stereocenters. The lowest BCUT2D eigenvalue weighted by atomic mass is 9.79. The number of hydroxylamine groups is 2. The maximum atomic E-state index is 12.4. The Kier molecular flexibility index (Phi) is 4.59. The van der Waals surface area contributed by atoms with Gasteiger partial charge >= 0.3 is 6.18 Å².